The van der Waals surface area contributed by atoms with Gasteiger partial charge in [-0.1, -0.05) is 18.2 Å². The number of nitrogens with zero attached hydrogens (tertiary/aromatic N) is 2. The molecule has 0 amide bonds. The smallest absolute Gasteiger partial charge is 0.191 e. The van der Waals surface area contributed by atoms with Crippen molar-refractivity contribution in [1.82, 2.24) is 15.6 Å². The van der Waals surface area contributed by atoms with Gasteiger partial charge >= 0.3 is 0 Å². The molecule has 5 heteroatoms. The highest BCUT2D eigenvalue weighted by molar-refractivity contribution is 5.79. The maximum Gasteiger partial charge on any atom is 0.191 e. The van der Waals surface area contributed by atoms with E-state index in [9.17, 15) is 4.39 Å². The SMILES string of the molecule is CN=C(NCc1cccc(C)n1)NCC1(c2cccc(F)c2)CC1. The molecule has 0 radical (unpaired) electrons. The first-order valence-corrected chi connectivity index (χ1v) is 8.24. The largest absolute Gasteiger partial charge is 0.356 e. The van der Waals surface area contributed by atoms with Crippen LogP contribution in [0.3, 0.4) is 0 Å². The fraction of sp³-hybridized carbons (Fsp3) is 0.368. The Bertz CT molecular complexity index is 738. The zero-order valence-electron chi connectivity index (χ0n) is 14.1. The summed E-state index contributed by atoms with van der Waals surface area (Å²) in [6.07, 6.45) is 2.14. The van der Waals surface area contributed by atoms with Crippen LogP contribution in [0.5, 0.6) is 0 Å². The van der Waals surface area contributed by atoms with Crippen molar-refractivity contribution in [3.8, 4) is 0 Å². The summed E-state index contributed by atoms with van der Waals surface area (Å²) in [6, 6.07) is 12.9. The molecule has 0 atom stereocenters. The number of halogens is 1. The van der Waals surface area contributed by atoms with Gasteiger partial charge in [0.1, 0.15) is 5.82 Å². The molecule has 1 fully saturated rings. The number of aliphatic imine (C=N–C) groups is 1. The molecule has 0 spiro atoms. The minimum atomic E-state index is -0.174. The van der Waals surface area contributed by atoms with Gasteiger partial charge < -0.3 is 10.6 Å². The molecule has 1 aliphatic carbocycles. The Morgan fingerprint density at radius 1 is 1.21 bits per heavy atom. The maximum absolute atomic E-state index is 13.5. The Labute approximate surface area is 142 Å². The fourth-order valence-corrected chi connectivity index (χ4v) is 2.88. The molecule has 1 saturated carbocycles. The second-order valence-electron chi connectivity index (χ2n) is 6.34. The van der Waals surface area contributed by atoms with Crippen LogP contribution in [0.25, 0.3) is 0 Å². The standard InChI is InChI=1S/C19H23FN4/c1-14-5-3-8-17(24-14)12-22-18(21-2)23-13-19(9-10-19)15-6-4-7-16(20)11-15/h3-8,11H,9-10,12-13H2,1-2H3,(H2,21,22,23). The third kappa shape index (κ3) is 3.91. The first kappa shape index (κ1) is 16.4. The number of hydrogen-bond donors (Lipinski definition) is 2. The van der Waals surface area contributed by atoms with Crippen LogP contribution >= 0.6 is 0 Å². The summed E-state index contributed by atoms with van der Waals surface area (Å²) in [4.78, 5) is 8.73. The molecule has 0 unspecified atom stereocenters. The third-order valence-electron chi connectivity index (χ3n) is 4.49. The lowest BCUT2D eigenvalue weighted by Gasteiger charge is -2.19. The van der Waals surface area contributed by atoms with Crippen LogP contribution in [-0.2, 0) is 12.0 Å². The van der Waals surface area contributed by atoms with E-state index >= 15 is 0 Å². The molecule has 1 heterocycles. The van der Waals surface area contributed by atoms with Gasteiger partial charge in [0, 0.05) is 24.7 Å². The molecule has 24 heavy (non-hydrogen) atoms. The second-order valence-corrected chi connectivity index (χ2v) is 6.34. The van der Waals surface area contributed by atoms with E-state index in [1.807, 2.05) is 31.2 Å². The zero-order valence-corrected chi connectivity index (χ0v) is 14.1. The number of nitrogens with one attached hydrogen (secondary N) is 2. The fourth-order valence-electron chi connectivity index (χ4n) is 2.88. The average Bonchev–Trinajstić information content (AvgIpc) is 3.36. The lowest BCUT2D eigenvalue weighted by atomic mass is 9.96. The van der Waals surface area contributed by atoms with Gasteiger partial charge in [-0.2, -0.15) is 0 Å². The summed E-state index contributed by atoms with van der Waals surface area (Å²) >= 11 is 0. The van der Waals surface area contributed by atoms with Gasteiger partial charge in [-0.05, 0) is 49.6 Å². The third-order valence-corrected chi connectivity index (χ3v) is 4.49. The number of benzene rings is 1. The van der Waals surface area contributed by atoms with Crippen molar-refractivity contribution in [2.24, 2.45) is 4.99 Å². The normalized spacial score (nSPS) is 15.9. The highest BCUT2D eigenvalue weighted by Crippen LogP contribution is 2.47. The van der Waals surface area contributed by atoms with Gasteiger partial charge in [0.15, 0.2) is 5.96 Å². The van der Waals surface area contributed by atoms with Gasteiger partial charge in [0.25, 0.3) is 0 Å². The van der Waals surface area contributed by atoms with Gasteiger partial charge in [-0.15, -0.1) is 0 Å². The summed E-state index contributed by atoms with van der Waals surface area (Å²) in [6.45, 7) is 3.35. The average molecular weight is 326 g/mol. The van der Waals surface area contributed by atoms with Crippen LogP contribution in [0.1, 0.15) is 29.8 Å². The van der Waals surface area contributed by atoms with Crippen molar-refractivity contribution >= 4 is 5.96 Å². The molecular formula is C19H23FN4. The number of hydrogen-bond acceptors (Lipinski definition) is 2. The number of guanidine groups is 1. The van der Waals surface area contributed by atoms with Crippen molar-refractivity contribution in [3.63, 3.8) is 0 Å². The molecule has 1 aromatic carbocycles. The van der Waals surface area contributed by atoms with Crippen molar-refractivity contribution in [3.05, 3.63) is 65.2 Å². The molecule has 1 aliphatic rings. The van der Waals surface area contributed by atoms with E-state index in [0.717, 1.165) is 42.3 Å². The lowest BCUT2D eigenvalue weighted by Crippen LogP contribution is -2.41. The van der Waals surface area contributed by atoms with Crippen LogP contribution in [0.15, 0.2) is 47.5 Å². The molecular weight excluding hydrogens is 303 g/mol. The predicted molar refractivity (Wildman–Crippen MR) is 94.5 cm³/mol. The van der Waals surface area contributed by atoms with E-state index in [1.54, 1.807) is 19.2 Å². The lowest BCUT2D eigenvalue weighted by molar-refractivity contribution is 0.607. The highest BCUT2D eigenvalue weighted by Gasteiger charge is 2.44. The van der Waals surface area contributed by atoms with E-state index in [2.05, 4.69) is 20.6 Å². The Balaban J connectivity index is 1.56. The van der Waals surface area contributed by atoms with Crippen LogP contribution in [0.2, 0.25) is 0 Å². The van der Waals surface area contributed by atoms with Crippen LogP contribution < -0.4 is 10.6 Å². The van der Waals surface area contributed by atoms with Crippen molar-refractivity contribution in [2.75, 3.05) is 13.6 Å². The van der Waals surface area contributed by atoms with Crippen LogP contribution in [-0.4, -0.2) is 24.5 Å². The van der Waals surface area contributed by atoms with E-state index in [-0.39, 0.29) is 11.2 Å². The van der Waals surface area contributed by atoms with Gasteiger partial charge in [0.2, 0.25) is 0 Å². The number of pyridine rings is 1. The van der Waals surface area contributed by atoms with Crippen LogP contribution in [0, 0.1) is 12.7 Å². The Morgan fingerprint density at radius 2 is 2.00 bits per heavy atom. The summed E-state index contributed by atoms with van der Waals surface area (Å²) in [5.41, 5.74) is 3.07. The Hall–Kier alpha value is -2.43. The minimum absolute atomic E-state index is 0.0291. The first-order chi connectivity index (χ1) is 11.6. The molecule has 1 aromatic heterocycles. The molecule has 2 aromatic rings. The van der Waals surface area contributed by atoms with Crippen LogP contribution in [0.4, 0.5) is 4.39 Å². The molecule has 126 valence electrons. The van der Waals surface area contributed by atoms with E-state index in [1.165, 1.54) is 6.07 Å². The van der Waals surface area contributed by atoms with E-state index in [4.69, 9.17) is 0 Å². The second kappa shape index (κ2) is 6.99. The number of rotatable bonds is 5. The Kier molecular flexibility index (Phi) is 4.79. The topological polar surface area (TPSA) is 49.3 Å². The first-order valence-electron chi connectivity index (χ1n) is 8.24. The van der Waals surface area contributed by atoms with E-state index < -0.39 is 0 Å². The van der Waals surface area contributed by atoms with Gasteiger partial charge in [0.05, 0.1) is 12.2 Å². The maximum atomic E-state index is 13.5. The Morgan fingerprint density at radius 3 is 2.67 bits per heavy atom. The monoisotopic (exact) mass is 326 g/mol. The molecule has 0 saturated heterocycles. The van der Waals surface area contributed by atoms with Crippen molar-refractivity contribution in [2.45, 2.75) is 31.7 Å². The summed E-state index contributed by atoms with van der Waals surface area (Å²) in [5.74, 6) is 0.563. The van der Waals surface area contributed by atoms with Crippen molar-refractivity contribution in [1.29, 1.82) is 0 Å². The van der Waals surface area contributed by atoms with E-state index in [0.29, 0.717) is 6.54 Å². The highest BCUT2D eigenvalue weighted by atomic mass is 19.1. The molecule has 0 bridgehead atoms. The minimum Gasteiger partial charge on any atom is -0.356 e. The number of aromatic nitrogens is 1. The van der Waals surface area contributed by atoms with Gasteiger partial charge in [-0.3, -0.25) is 9.98 Å². The molecule has 2 N–H and O–H groups in total. The summed E-state index contributed by atoms with van der Waals surface area (Å²) in [5, 5.41) is 6.64. The molecule has 4 nitrogen and oxygen atoms in total. The van der Waals surface area contributed by atoms with Crippen molar-refractivity contribution < 1.29 is 4.39 Å². The summed E-state index contributed by atoms with van der Waals surface area (Å²) < 4.78 is 13.5. The molecule has 3 rings (SSSR count). The number of aryl methyl sites for hydroxylation is 1. The summed E-state index contributed by atoms with van der Waals surface area (Å²) in [7, 11) is 1.75. The predicted octanol–water partition coefficient (Wildman–Crippen LogP) is 2.93. The van der Waals surface area contributed by atoms with Gasteiger partial charge in [-0.25, -0.2) is 4.39 Å². The molecule has 0 aliphatic heterocycles. The zero-order chi connectivity index (χ0) is 17.0. The quantitative estimate of drug-likeness (QED) is 0.656.